The van der Waals surface area contributed by atoms with E-state index in [1.807, 2.05) is 31.2 Å². The largest absolute Gasteiger partial charge is 0.325 e. The summed E-state index contributed by atoms with van der Waals surface area (Å²) in [7, 11) is 0. The van der Waals surface area contributed by atoms with E-state index in [0.717, 1.165) is 5.56 Å². The molecule has 2 aromatic carbocycles. The Labute approximate surface area is 117 Å². The minimum atomic E-state index is -0.341. The van der Waals surface area contributed by atoms with Crippen molar-refractivity contribution in [3.05, 3.63) is 65.5 Å². The van der Waals surface area contributed by atoms with Crippen molar-refractivity contribution in [1.29, 1.82) is 0 Å². The van der Waals surface area contributed by atoms with Crippen LogP contribution in [0, 0.1) is 5.82 Å². The van der Waals surface area contributed by atoms with Gasteiger partial charge in [0.05, 0.1) is 6.42 Å². The van der Waals surface area contributed by atoms with Crippen LogP contribution in [0.1, 0.15) is 24.1 Å². The summed E-state index contributed by atoms with van der Waals surface area (Å²) >= 11 is 0. The molecule has 0 aliphatic heterocycles. The molecular formula is C16H17FN2O. The first-order chi connectivity index (χ1) is 9.56. The maximum absolute atomic E-state index is 13.1. The van der Waals surface area contributed by atoms with Gasteiger partial charge in [-0.15, -0.1) is 0 Å². The van der Waals surface area contributed by atoms with Gasteiger partial charge in [-0.2, -0.15) is 0 Å². The van der Waals surface area contributed by atoms with Gasteiger partial charge in [0.1, 0.15) is 5.82 Å². The number of hydrogen-bond acceptors (Lipinski definition) is 2. The molecule has 0 aromatic heterocycles. The number of rotatable bonds is 4. The molecule has 0 saturated heterocycles. The summed E-state index contributed by atoms with van der Waals surface area (Å²) in [5.41, 5.74) is 8.07. The minimum Gasteiger partial charge on any atom is -0.325 e. The molecule has 20 heavy (non-hydrogen) atoms. The van der Waals surface area contributed by atoms with Crippen molar-refractivity contribution >= 4 is 11.6 Å². The number of halogens is 1. The van der Waals surface area contributed by atoms with Gasteiger partial charge >= 0.3 is 0 Å². The molecule has 3 nitrogen and oxygen atoms in total. The lowest BCUT2D eigenvalue weighted by Gasteiger charge is -2.13. The lowest BCUT2D eigenvalue weighted by atomic mass is 10.1. The third kappa shape index (κ3) is 3.65. The number of nitrogens with one attached hydrogen (secondary N) is 1. The van der Waals surface area contributed by atoms with Gasteiger partial charge in [0, 0.05) is 11.7 Å². The normalized spacial score (nSPS) is 11.9. The van der Waals surface area contributed by atoms with E-state index >= 15 is 0 Å². The maximum Gasteiger partial charge on any atom is 0.228 e. The summed E-state index contributed by atoms with van der Waals surface area (Å²) < 4.78 is 13.1. The molecular weight excluding hydrogens is 255 g/mol. The third-order valence-electron chi connectivity index (χ3n) is 2.98. The van der Waals surface area contributed by atoms with Crippen molar-refractivity contribution in [1.82, 2.24) is 0 Å². The highest BCUT2D eigenvalue weighted by Crippen LogP contribution is 2.20. The van der Waals surface area contributed by atoms with Gasteiger partial charge in [0.25, 0.3) is 0 Å². The smallest absolute Gasteiger partial charge is 0.228 e. The summed E-state index contributed by atoms with van der Waals surface area (Å²) in [4.78, 5) is 12.0. The van der Waals surface area contributed by atoms with Crippen LogP contribution in [-0.4, -0.2) is 5.91 Å². The van der Waals surface area contributed by atoms with Crippen LogP contribution in [0.25, 0.3) is 0 Å². The topological polar surface area (TPSA) is 55.1 Å². The summed E-state index contributed by atoms with van der Waals surface area (Å²) in [6.07, 6.45) is 0.130. The number of anilines is 1. The van der Waals surface area contributed by atoms with Gasteiger partial charge in [-0.25, -0.2) is 4.39 Å². The van der Waals surface area contributed by atoms with Gasteiger partial charge in [-0.05, 0) is 36.2 Å². The summed E-state index contributed by atoms with van der Waals surface area (Å²) in [6, 6.07) is 13.3. The van der Waals surface area contributed by atoms with Gasteiger partial charge in [0.2, 0.25) is 5.91 Å². The Morgan fingerprint density at radius 3 is 2.70 bits per heavy atom. The molecule has 0 heterocycles. The molecule has 0 saturated carbocycles. The number of amides is 1. The zero-order chi connectivity index (χ0) is 14.5. The molecule has 0 radical (unpaired) electrons. The summed E-state index contributed by atoms with van der Waals surface area (Å²) in [6.45, 7) is 1.86. The van der Waals surface area contributed by atoms with E-state index < -0.39 is 0 Å². The molecule has 1 unspecified atom stereocenters. The van der Waals surface area contributed by atoms with Gasteiger partial charge < -0.3 is 11.1 Å². The third-order valence-corrected chi connectivity index (χ3v) is 2.98. The van der Waals surface area contributed by atoms with Crippen molar-refractivity contribution in [3.8, 4) is 0 Å². The molecule has 0 bridgehead atoms. The van der Waals surface area contributed by atoms with Gasteiger partial charge in [0.15, 0.2) is 0 Å². The van der Waals surface area contributed by atoms with Crippen LogP contribution in [0.5, 0.6) is 0 Å². The lowest BCUT2D eigenvalue weighted by Crippen LogP contribution is -2.17. The zero-order valence-corrected chi connectivity index (χ0v) is 11.3. The second-order valence-electron chi connectivity index (χ2n) is 4.73. The van der Waals surface area contributed by atoms with Crippen LogP contribution < -0.4 is 11.1 Å². The Bertz CT molecular complexity index is 611. The first-order valence-electron chi connectivity index (χ1n) is 6.45. The molecule has 1 atom stereocenters. The highest BCUT2D eigenvalue weighted by atomic mass is 19.1. The number of para-hydroxylation sites is 1. The summed E-state index contributed by atoms with van der Waals surface area (Å²) in [5, 5.41) is 2.82. The Kier molecular flexibility index (Phi) is 4.48. The maximum atomic E-state index is 13.1. The molecule has 1 amide bonds. The molecule has 104 valence electrons. The van der Waals surface area contributed by atoms with E-state index in [2.05, 4.69) is 5.32 Å². The molecule has 2 rings (SSSR count). The van der Waals surface area contributed by atoms with Crippen LogP contribution in [0.3, 0.4) is 0 Å². The Morgan fingerprint density at radius 2 is 2.00 bits per heavy atom. The van der Waals surface area contributed by atoms with Crippen LogP contribution in [0.2, 0.25) is 0 Å². The predicted octanol–water partition coefficient (Wildman–Crippen LogP) is 3.03. The van der Waals surface area contributed by atoms with E-state index in [-0.39, 0.29) is 24.2 Å². The fraction of sp³-hybridized carbons (Fsp3) is 0.188. The van der Waals surface area contributed by atoms with E-state index in [1.165, 1.54) is 12.1 Å². The van der Waals surface area contributed by atoms with Crippen LogP contribution in [-0.2, 0) is 11.2 Å². The highest BCUT2D eigenvalue weighted by Gasteiger charge is 2.10. The Morgan fingerprint density at radius 1 is 1.25 bits per heavy atom. The molecule has 3 N–H and O–H groups in total. The quantitative estimate of drug-likeness (QED) is 0.898. The monoisotopic (exact) mass is 272 g/mol. The van der Waals surface area contributed by atoms with E-state index in [1.54, 1.807) is 12.1 Å². The first kappa shape index (κ1) is 14.2. The molecule has 0 aliphatic rings. The molecule has 0 aliphatic carbocycles. The molecule has 2 aromatic rings. The molecule has 4 heteroatoms. The SMILES string of the molecule is CC(N)c1ccccc1NC(=O)Cc1cccc(F)c1. The van der Waals surface area contributed by atoms with E-state index in [4.69, 9.17) is 5.73 Å². The number of carbonyl (C=O) groups excluding carboxylic acids is 1. The number of benzene rings is 2. The van der Waals surface area contributed by atoms with Crippen molar-refractivity contribution in [2.75, 3.05) is 5.32 Å². The Hall–Kier alpha value is -2.20. The Balaban J connectivity index is 2.09. The fourth-order valence-electron chi connectivity index (χ4n) is 2.03. The van der Waals surface area contributed by atoms with Crippen molar-refractivity contribution in [2.45, 2.75) is 19.4 Å². The van der Waals surface area contributed by atoms with E-state index in [0.29, 0.717) is 11.3 Å². The number of hydrogen-bond donors (Lipinski definition) is 2. The second-order valence-corrected chi connectivity index (χ2v) is 4.73. The average molecular weight is 272 g/mol. The molecule has 0 spiro atoms. The average Bonchev–Trinajstić information content (AvgIpc) is 2.38. The number of carbonyl (C=O) groups is 1. The number of nitrogens with two attached hydrogens (primary N) is 1. The van der Waals surface area contributed by atoms with E-state index in [9.17, 15) is 9.18 Å². The highest BCUT2D eigenvalue weighted by molar-refractivity contribution is 5.93. The van der Waals surface area contributed by atoms with Gasteiger partial charge in [-0.1, -0.05) is 30.3 Å². The predicted molar refractivity (Wildman–Crippen MR) is 77.8 cm³/mol. The standard InChI is InChI=1S/C16H17FN2O/c1-11(18)14-7-2-3-8-15(14)19-16(20)10-12-5-4-6-13(17)9-12/h2-9,11H,10,18H2,1H3,(H,19,20). The zero-order valence-electron chi connectivity index (χ0n) is 11.3. The van der Waals surface area contributed by atoms with Crippen LogP contribution >= 0.6 is 0 Å². The van der Waals surface area contributed by atoms with Crippen LogP contribution in [0.4, 0.5) is 10.1 Å². The van der Waals surface area contributed by atoms with Crippen molar-refractivity contribution < 1.29 is 9.18 Å². The lowest BCUT2D eigenvalue weighted by molar-refractivity contribution is -0.115. The van der Waals surface area contributed by atoms with Crippen molar-refractivity contribution in [2.24, 2.45) is 5.73 Å². The van der Waals surface area contributed by atoms with Crippen LogP contribution in [0.15, 0.2) is 48.5 Å². The fourth-order valence-corrected chi connectivity index (χ4v) is 2.03. The van der Waals surface area contributed by atoms with Gasteiger partial charge in [-0.3, -0.25) is 4.79 Å². The second kappa shape index (κ2) is 6.30. The molecule has 0 fully saturated rings. The summed E-state index contributed by atoms with van der Waals surface area (Å²) in [5.74, 6) is -0.532. The minimum absolute atomic E-state index is 0.130. The first-order valence-corrected chi connectivity index (χ1v) is 6.45. The van der Waals surface area contributed by atoms with Crippen molar-refractivity contribution in [3.63, 3.8) is 0 Å².